The van der Waals surface area contributed by atoms with Gasteiger partial charge in [-0.1, -0.05) is 61.7 Å². The van der Waals surface area contributed by atoms with Crippen LogP contribution in [0.5, 0.6) is 0 Å². The number of hydrogen-bond donors (Lipinski definition) is 1. The predicted octanol–water partition coefficient (Wildman–Crippen LogP) is 5.29. The van der Waals surface area contributed by atoms with Gasteiger partial charge in [0.2, 0.25) is 0 Å². The Morgan fingerprint density at radius 2 is 1.65 bits per heavy atom. The number of carboxylic acid groups (broad SMARTS) is 1. The van der Waals surface area contributed by atoms with E-state index in [9.17, 15) is 9.90 Å². The number of carbonyl (C=O) groups is 1. The first-order chi connectivity index (χ1) is 12.7. The zero-order valence-corrected chi connectivity index (χ0v) is 14.6. The standard InChI is InChI=1S/C22H22N2O2/c25-22(26)20-15-21(24(23-20)19-9-5-2-6-10-19)18-13-11-17(12-14-18)16-7-3-1-4-8-16/h2,5-6,9-16H,1,3-4,7-8H2,(H,25,26). The molecule has 132 valence electrons. The molecule has 26 heavy (non-hydrogen) atoms. The van der Waals surface area contributed by atoms with Crippen LogP contribution in [0.3, 0.4) is 0 Å². The molecule has 0 radical (unpaired) electrons. The second-order valence-corrected chi connectivity index (χ2v) is 6.92. The zero-order chi connectivity index (χ0) is 17.9. The van der Waals surface area contributed by atoms with E-state index in [1.165, 1.54) is 37.7 Å². The number of nitrogens with zero attached hydrogens (tertiary/aromatic N) is 2. The van der Waals surface area contributed by atoms with Crippen LogP contribution >= 0.6 is 0 Å². The van der Waals surface area contributed by atoms with Crippen LogP contribution in [0.1, 0.15) is 54.1 Å². The maximum atomic E-state index is 11.4. The Hall–Kier alpha value is -2.88. The summed E-state index contributed by atoms with van der Waals surface area (Å²) in [4.78, 5) is 11.4. The lowest BCUT2D eigenvalue weighted by atomic mass is 9.84. The zero-order valence-electron chi connectivity index (χ0n) is 14.6. The molecule has 0 amide bonds. The molecule has 4 heteroatoms. The Balaban J connectivity index is 1.71. The summed E-state index contributed by atoms with van der Waals surface area (Å²) in [6, 6.07) is 19.8. The minimum absolute atomic E-state index is 0.0558. The van der Waals surface area contributed by atoms with Crippen LogP contribution in [0.4, 0.5) is 0 Å². The highest BCUT2D eigenvalue weighted by Gasteiger charge is 2.18. The van der Waals surface area contributed by atoms with Crippen molar-refractivity contribution in [3.05, 3.63) is 71.9 Å². The number of carboxylic acids is 1. The smallest absolute Gasteiger partial charge is 0.356 e. The monoisotopic (exact) mass is 346 g/mol. The average molecular weight is 346 g/mol. The van der Waals surface area contributed by atoms with Gasteiger partial charge in [0.25, 0.3) is 0 Å². The van der Waals surface area contributed by atoms with Crippen LogP contribution in [-0.2, 0) is 0 Å². The molecule has 2 aromatic carbocycles. The fourth-order valence-corrected chi connectivity index (χ4v) is 3.82. The molecule has 0 atom stereocenters. The fourth-order valence-electron chi connectivity index (χ4n) is 3.82. The van der Waals surface area contributed by atoms with Crippen LogP contribution < -0.4 is 0 Å². The van der Waals surface area contributed by atoms with Gasteiger partial charge < -0.3 is 5.11 Å². The molecule has 4 rings (SSSR count). The van der Waals surface area contributed by atoms with Crippen molar-refractivity contribution in [2.45, 2.75) is 38.0 Å². The van der Waals surface area contributed by atoms with Gasteiger partial charge >= 0.3 is 5.97 Å². The highest BCUT2D eigenvalue weighted by atomic mass is 16.4. The van der Waals surface area contributed by atoms with E-state index in [-0.39, 0.29) is 5.69 Å². The number of aromatic nitrogens is 2. The van der Waals surface area contributed by atoms with Gasteiger partial charge in [0.1, 0.15) is 0 Å². The summed E-state index contributed by atoms with van der Waals surface area (Å²) >= 11 is 0. The second-order valence-electron chi connectivity index (χ2n) is 6.92. The summed E-state index contributed by atoms with van der Waals surface area (Å²) in [5.74, 6) is -0.355. The van der Waals surface area contributed by atoms with Crippen molar-refractivity contribution in [3.8, 4) is 16.9 Å². The van der Waals surface area contributed by atoms with Crippen molar-refractivity contribution in [3.63, 3.8) is 0 Å². The molecule has 0 unspecified atom stereocenters. The SMILES string of the molecule is O=C(O)c1cc(-c2ccc(C3CCCCC3)cc2)n(-c2ccccc2)n1. The average Bonchev–Trinajstić information content (AvgIpc) is 3.15. The van der Waals surface area contributed by atoms with Gasteiger partial charge in [0.15, 0.2) is 5.69 Å². The number of hydrogen-bond acceptors (Lipinski definition) is 2. The maximum absolute atomic E-state index is 11.4. The van der Waals surface area contributed by atoms with Crippen LogP contribution in [0, 0.1) is 0 Å². The molecule has 1 aromatic heterocycles. The summed E-state index contributed by atoms with van der Waals surface area (Å²) in [5, 5.41) is 13.6. The number of aromatic carboxylic acids is 1. The number of para-hydroxylation sites is 1. The van der Waals surface area contributed by atoms with Crippen molar-refractivity contribution in [1.29, 1.82) is 0 Å². The minimum atomic E-state index is -1.01. The predicted molar refractivity (Wildman–Crippen MR) is 102 cm³/mol. The normalized spacial score (nSPS) is 15.1. The van der Waals surface area contributed by atoms with E-state index in [1.54, 1.807) is 10.7 Å². The third-order valence-corrected chi connectivity index (χ3v) is 5.21. The quantitative estimate of drug-likeness (QED) is 0.699. The summed E-state index contributed by atoms with van der Waals surface area (Å²) in [7, 11) is 0. The Kier molecular flexibility index (Phi) is 4.57. The number of rotatable bonds is 4. The maximum Gasteiger partial charge on any atom is 0.356 e. The summed E-state index contributed by atoms with van der Waals surface area (Å²) in [5.41, 5.74) is 4.07. The van der Waals surface area contributed by atoms with Crippen molar-refractivity contribution in [2.75, 3.05) is 0 Å². The van der Waals surface area contributed by atoms with Crippen LogP contribution in [0.2, 0.25) is 0 Å². The molecule has 4 nitrogen and oxygen atoms in total. The van der Waals surface area contributed by atoms with Crippen molar-refractivity contribution < 1.29 is 9.90 Å². The fraction of sp³-hybridized carbons (Fsp3) is 0.273. The van der Waals surface area contributed by atoms with Crippen molar-refractivity contribution in [1.82, 2.24) is 9.78 Å². The van der Waals surface area contributed by atoms with Gasteiger partial charge in [0.05, 0.1) is 11.4 Å². The van der Waals surface area contributed by atoms with Gasteiger partial charge in [-0.2, -0.15) is 5.10 Å². The van der Waals surface area contributed by atoms with Gasteiger partial charge in [-0.15, -0.1) is 0 Å². The van der Waals surface area contributed by atoms with E-state index in [0.29, 0.717) is 5.92 Å². The lowest BCUT2D eigenvalue weighted by molar-refractivity contribution is 0.0690. The molecule has 1 aliphatic carbocycles. The molecular weight excluding hydrogens is 324 g/mol. The first-order valence-electron chi connectivity index (χ1n) is 9.21. The molecule has 0 bridgehead atoms. The summed E-state index contributed by atoms with van der Waals surface area (Å²) in [6.45, 7) is 0. The first kappa shape index (κ1) is 16.6. The molecule has 1 heterocycles. The Labute approximate surface area is 153 Å². The Morgan fingerprint density at radius 3 is 2.31 bits per heavy atom. The van der Waals surface area contributed by atoms with Gasteiger partial charge in [-0.25, -0.2) is 9.48 Å². The highest BCUT2D eigenvalue weighted by molar-refractivity contribution is 5.87. The largest absolute Gasteiger partial charge is 0.476 e. The van der Waals surface area contributed by atoms with Crippen LogP contribution in [-0.4, -0.2) is 20.9 Å². The third-order valence-electron chi connectivity index (χ3n) is 5.21. The van der Waals surface area contributed by atoms with Crippen LogP contribution in [0.15, 0.2) is 60.7 Å². The Morgan fingerprint density at radius 1 is 0.962 bits per heavy atom. The molecule has 1 aliphatic rings. The van der Waals surface area contributed by atoms with Crippen molar-refractivity contribution >= 4 is 5.97 Å². The number of benzene rings is 2. The third kappa shape index (κ3) is 3.27. The molecule has 3 aromatic rings. The second kappa shape index (κ2) is 7.16. The van der Waals surface area contributed by atoms with E-state index in [1.807, 2.05) is 30.3 Å². The summed E-state index contributed by atoms with van der Waals surface area (Å²) < 4.78 is 1.71. The molecule has 0 aliphatic heterocycles. The van der Waals surface area contributed by atoms with E-state index in [0.717, 1.165) is 16.9 Å². The summed E-state index contributed by atoms with van der Waals surface area (Å²) in [6.07, 6.45) is 6.52. The molecule has 0 saturated heterocycles. The van der Waals surface area contributed by atoms with E-state index in [4.69, 9.17) is 0 Å². The topological polar surface area (TPSA) is 55.1 Å². The minimum Gasteiger partial charge on any atom is -0.476 e. The van der Waals surface area contributed by atoms with E-state index >= 15 is 0 Å². The van der Waals surface area contributed by atoms with E-state index < -0.39 is 5.97 Å². The van der Waals surface area contributed by atoms with Gasteiger partial charge in [0, 0.05) is 5.56 Å². The lowest BCUT2D eigenvalue weighted by Gasteiger charge is -2.22. The van der Waals surface area contributed by atoms with Gasteiger partial charge in [-0.05, 0) is 42.5 Å². The lowest BCUT2D eigenvalue weighted by Crippen LogP contribution is -2.04. The highest BCUT2D eigenvalue weighted by Crippen LogP contribution is 2.34. The molecule has 1 saturated carbocycles. The van der Waals surface area contributed by atoms with E-state index in [2.05, 4.69) is 29.4 Å². The molecule has 1 N–H and O–H groups in total. The van der Waals surface area contributed by atoms with Crippen LogP contribution in [0.25, 0.3) is 16.9 Å². The Bertz CT molecular complexity index is 892. The molecule has 0 spiro atoms. The van der Waals surface area contributed by atoms with Crippen molar-refractivity contribution in [2.24, 2.45) is 0 Å². The first-order valence-corrected chi connectivity index (χ1v) is 9.21. The molecular formula is C22H22N2O2. The molecule has 1 fully saturated rings. The van der Waals surface area contributed by atoms with Gasteiger partial charge in [-0.3, -0.25) is 0 Å².